The maximum atomic E-state index is 12.1. The summed E-state index contributed by atoms with van der Waals surface area (Å²) in [5.41, 5.74) is 7.29. The van der Waals surface area contributed by atoms with Crippen LogP contribution >= 0.6 is 11.3 Å². The highest BCUT2D eigenvalue weighted by atomic mass is 32.1. The number of hydrogen-bond donors (Lipinski definition) is 2. The Labute approximate surface area is 116 Å². The number of thiazole rings is 1. The fraction of sp³-hybridized carbons (Fsp3) is 0.286. The molecule has 5 heteroatoms. The molecule has 1 aromatic carbocycles. The van der Waals surface area contributed by atoms with Crippen molar-refractivity contribution in [2.24, 2.45) is 5.73 Å². The van der Waals surface area contributed by atoms with Gasteiger partial charge >= 0.3 is 0 Å². The SMILES string of the molecule is Cc1nc(-c2ccccc2)sc1C(=O)N[C@@H](C)CN. The number of benzene rings is 1. The summed E-state index contributed by atoms with van der Waals surface area (Å²) in [4.78, 5) is 17.2. The van der Waals surface area contributed by atoms with Gasteiger partial charge in [0.15, 0.2) is 0 Å². The fourth-order valence-electron chi connectivity index (χ4n) is 1.66. The van der Waals surface area contributed by atoms with Gasteiger partial charge < -0.3 is 11.1 Å². The number of aryl methyl sites for hydroxylation is 1. The molecule has 0 bridgehead atoms. The van der Waals surface area contributed by atoms with E-state index < -0.39 is 0 Å². The summed E-state index contributed by atoms with van der Waals surface area (Å²) in [6.45, 7) is 4.16. The Kier molecular flexibility index (Phi) is 4.29. The van der Waals surface area contributed by atoms with Crippen LogP contribution in [0.2, 0.25) is 0 Å². The van der Waals surface area contributed by atoms with Gasteiger partial charge in [-0.3, -0.25) is 4.79 Å². The van der Waals surface area contributed by atoms with Crippen molar-refractivity contribution < 1.29 is 4.79 Å². The first-order chi connectivity index (χ1) is 9.11. The molecule has 0 aliphatic heterocycles. The average Bonchev–Trinajstić information content (AvgIpc) is 2.81. The minimum Gasteiger partial charge on any atom is -0.348 e. The van der Waals surface area contributed by atoms with Crippen LogP contribution in [0.15, 0.2) is 30.3 Å². The second-order valence-corrected chi connectivity index (χ2v) is 5.41. The van der Waals surface area contributed by atoms with E-state index in [-0.39, 0.29) is 11.9 Å². The molecular weight excluding hydrogens is 258 g/mol. The van der Waals surface area contributed by atoms with Crippen LogP contribution in [-0.4, -0.2) is 23.5 Å². The standard InChI is InChI=1S/C14H17N3OS/c1-9(8-15)16-13(18)12-10(2)17-14(19-12)11-6-4-3-5-7-11/h3-7,9H,8,15H2,1-2H3,(H,16,18)/t9-/m0/s1. The molecule has 1 atom stereocenters. The molecule has 0 radical (unpaired) electrons. The smallest absolute Gasteiger partial charge is 0.263 e. The minimum absolute atomic E-state index is 0.0332. The van der Waals surface area contributed by atoms with Crippen LogP contribution in [-0.2, 0) is 0 Å². The molecule has 3 N–H and O–H groups in total. The van der Waals surface area contributed by atoms with Crippen molar-refractivity contribution in [1.82, 2.24) is 10.3 Å². The Morgan fingerprint density at radius 2 is 2.11 bits per heavy atom. The van der Waals surface area contributed by atoms with Crippen molar-refractivity contribution in [3.05, 3.63) is 40.9 Å². The molecular formula is C14H17N3OS. The molecule has 0 aliphatic carbocycles. The van der Waals surface area contributed by atoms with E-state index in [4.69, 9.17) is 5.73 Å². The first-order valence-electron chi connectivity index (χ1n) is 6.15. The van der Waals surface area contributed by atoms with E-state index in [0.29, 0.717) is 11.4 Å². The second-order valence-electron chi connectivity index (χ2n) is 4.41. The predicted octanol–water partition coefficient (Wildman–Crippen LogP) is 2.20. The molecule has 1 aromatic heterocycles. The van der Waals surface area contributed by atoms with E-state index in [0.717, 1.165) is 16.3 Å². The Morgan fingerprint density at radius 3 is 2.74 bits per heavy atom. The summed E-state index contributed by atoms with van der Waals surface area (Å²) in [7, 11) is 0. The Morgan fingerprint density at radius 1 is 1.42 bits per heavy atom. The summed E-state index contributed by atoms with van der Waals surface area (Å²) in [5, 5.41) is 3.72. The van der Waals surface area contributed by atoms with Gasteiger partial charge in [0.25, 0.3) is 5.91 Å². The summed E-state index contributed by atoms with van der Waals surface area (Å²) >= 11 is 1.41. The number of amides is 1. The van der Waals surface area contributed by atoms with Crippen molar-refractivity contribution in [3.63, 3.8) is 0 Å². The van der Waals surface area contributed by atoms with Crippen LogP contribution in [0.1, 0.15) is 22.3 Å². The zero-order valence-electron chi connectivity index (χ0n) is 11.0. The van der Waals surface area contributed by atoms with E-state index in [9.17, 15) is 4.79 Å². The van der Waals surface area contributed by atoms with Crippen molar-refractivity contribution in [3.8, 4) is 10.6 Å². The Balaban J connectivity index is 2.24. The minimum atomic E-state index is -0.102. The van der Waals surface area contributed by atoms with Gasteiger partial charge in [-0.25, -0.2) is 4.98 Å². The third-order valence-electron chi connectivity index (χ3n) is 2.75. The number of nitrogens with zero attached hydrogens (tertiary/aromatic N) is 1. The lowest BCUT2D eigenvalue weighted by atomic mass is 10.2. The molecule has 0 saturated heterocycles. The average molecular weight is 275 g/mol. The zero-order chi connectivity index (χ0) is 13.8. The van der Waals surface area contributed by atoms with Crippen molar-refractivity contribution in [1.29, 1.82) is 0 Å². The summed E-state index contributed by atoms with van der Waals surface area (Å²) in [6.07, 6.45) is 0. The lowest BCUT2D eigenvalue weighted by Gasteiger charge is -2.09. The number of aromatic nitrogens is 1. The molecule has 1 amide bonds. The van der Waals surface area contributed by atoms with Gasteiger partial charge in [-0.15, -0.1) is 11.3 Å². The number of rotatable bonds is 4. The molecule has 1 heterocycles. The third kappa shape index (κ3) is 3.19. The summed E-state index contributed by atoms with van der Waals surface area (Å²) < 4.78 is 0. The quantitative estimate of drug-likeness (QED) is 0.898. The topological polar surface area (TPSA) is 68.0 Å². The first-order valence-corrected chi connectivity index (χ1v) is 6.97. The van der Waals surface area contributed by atoms with E-state index in [1.807, 2.05) is 44.2 Å². The van der Waals surface area contributed by atoms with Crippen molar-refractivity contribution in [2.45, 2.75) is 19.9 Å². The van der Waals surface area contributed by atoms with Crippen molar-refractivity contribution >= 4 is 17.2 Å². The third-order valence-corrected chi connectivity index (χ3v) is 3.96. The predicted molar refractivity (Wildman–Crippen MR) is 78.3 cm³/mol. The fourth-order valence-corrected chi connectivity index (χ4v) is 2.63. The lowest BCUT2D eigenvalue weighted by Crippen LogP contribution is -2.37. The molecule has 19 heavy (non-hydrogen) atoms. The number of carbonyl (C=O) groups is 1. The summed E-state index contributed by atoms with van der Waals surface area (Å²) in [6, 6.07) is 9.82. The van der Waals surface area contributed by atoms with Gasteiger partial charge in [-0.1, -0.05) is 30.3 Å². The highest BCUT2D eigenvalue weighted by Crippen LogP contribution is 2.27. The van der Waals surface area contributed by atoms with Gasteiger partial charge in [0, 0.05) is 18.2 Å². The lowest BCUT2D eigenvalue weighted by molar-refractivity contribution is 0.0944. The van der Waals surface area contributed by atoms with Crippen LogP contribution in [0.4, 0.5) is 0 Å². The molecule has 2 rings (SSSR count). The zero-order valence-corrected chi connectivity index (χ0v) is 11.8. The monoisotopic (exact) mass is 275 g/mol. The molecule has 0 spiro atoms. The molecule has 0 aliphatic rings. The molecule has 2 aromatic rings. The van der Waals surface area contributed by atoms with Gasteiger partial charge in [0.1, 0.15) is 9.88 Å². The molecule has 0 fully saturated rings. The Hall–Kier alpha value is -1.72. The van der Waals surface area contributed by atoms with Crippen LogP contribution in [0, 0.1) is 6.92 Å². The number of carbonyl (C=O) groups excluding carboxylic acids is 1. The van der Waals surface area contributed by atoms with Crippen molar-refractivity contribution in [2.75, 3.05) is 6.54 Å². The molecule has 4 nitrogen and oxygen atoms in total. The molecule has 0 saturated carbocycles. The first kappa shape index (κ1) is 13.7. The van der Waals surface area contributed by atoms with E-state index in [2.05, 4.69) is 10.3 Å². The van der Waals surface area contributed by atoms with E-state index in [1.54, 1.807) is 0 Å². The highest BCUT2D eigenvalue weighted by molar-refractivity contribution is 7.17. The van der Waals surface area contributed by atoms with Gasteiger partial charge in [-0.05, 0) is 13.8 Å². The van der Waals surface area contributed by atoms with Crippen LogP contribution in [0.5, 0.6) is 0 Å². The van der Waals surface area contributed by atoms with Gasteiger partial charge in [0.05, 0.1) is 5.69 Å². The van der Waals surface area contributed by atoms with Crippen LogP contribution < -0.4 is 11.1 Å². The number of nitrogens with one attached hydrogen (secondary N) is 1. The second kappa shape index (κ2) is 5.95. The van der Waals surface area contributed by atoms with E-state index in [1.165, 1.54) is 11.3 Å². The maximum absolute atomic E-state index is 12.1. The maximum Gasteiger partial charge on any atom is 0.263 e. The number of hydrogen-bond acceptors (Lipinski definition) is 4. The van der Waals surface area contributed by atoms with Crippen LogP contribution in [0.25, 0.3) is 10.6 Å². The summed E-state index contributed by atoms with van der Waals surface area (Å²) in [5.74, 6) is -0.102. The largest absolute Gasteiger partial charge is 0.348 e. The number of nitrogens with two attached hydrogens (primary N) is 1. The normalized spacial score (nSPS) is 12.2. The highest BCUT2D eigenvalue weighted by Gasteiger charge is 2.17. The molecule has 100 valence electrons. The van der Waals surface area contributed by atoms with Crippen LogP contribution in [0.3, 0.4) is 0 Å². The molecule has 0 unspecified atom stereocenters. The van der Waals surface area contributed by atoms with Gasteiger partial charge in [-0.2, -0.15) is 0 Å². The Bertz CT molecular complexity index is 565. The van der Waals surface area contributed by atoms with Gasteiger partial charge in [0.2, 0.25) is 0 Å². The van der Waals surface area contributed by atoms with E-state index >= 15 is 0 Å².